The lowest BCUT2D eigenvalue weighted by Gasteiger charge is -2.22. The third-order valence-corrected chi connectivity index (χ3v) is 6.48. The molecule has 6 nitrogen and oxygen atoms in total. The molecule has 0 bridgehead atoms. The summed E-state index contributed by atoms with van der Waals surface area (Å²) in [5.74, 6) is -0.419. The summed E-state index contributed by atoms with van der Waals surface area (Å²) in [7, 11) is 0. The second-order valence-corrected chi connectivity index (χ2v) is 9.35. The molecule has 5 atom stereocenters. The number of aliphatic hydroxyl groups excluding tert-OH is 2. The largest absolute Gasteiger partial charge is 0.462 e. The number of rotatable bonds is 15. The molecule has 1 fully saturated rings. The number of unbranched alkanes of at least 4 members (excludes halogenated alkanes) is 1. The van der Waals surface area contributed by atoms with Crippen molar-refractivity contribution >= 4 is 11.9 Å². The van der Waals surface area contributed by atoms with Gasteiger partial charge in [-0.3, -0.25) is 9.59 Å². The van der Waals surface area contributed by atoms with Crippen molar-refractivity contribution in [2.75, 3.05) is 6.54 Å². The third kappa shape index (κ3) is 10.8. The molecule has 0 unspecified atom stereocenters. The zero-order chi connectivity index (χ0) is 25.5. The van der Waals surface area contributed by atoms with Crippen molar-refractivity contribution in [2.24, 2.45) is 11.8 Å². The minimum Gasteiger partial charge on any atom is -0.462 e. The van der Waals surface area contributed by atoms with Gasteiger partial charge in [-0.05, 0) is 56.9 Å². The zero-order valence-corrected chi connectivity index (χ0v) is 21.3. The average molecular weight is 486 g/mol. The van der Waals surface area contributed by atoms with Gasteiger partial charge in [0.1, 0.15) is 6.10 Å². The molecule has 1 aromatic carbocycles. The fraction of sp³-hybridized carbons (Fsp3) is 0.586. The van der Waals surface area contributed by atoms with E-state index in [2.05, 4.69) is 17.5 Å². The number of aryl methyl sites for hydroxylation is 1. The van der Waals surface area contributed by atoms with Crippen LogP contribution in [0.15, 0.2) is 54.6 Å². The number of allylic oxidation sites excluding steroid dienone is 2. The van der Waals surface area contributed by atoms with Crippen LogP contribution in [0.25, 0.3) is 0 Å². The fourth-order valence-electron chi connectivity index (χ4n) is 4.59. The van der Waals surface area contributed by atoms with Crippen LogP contribution in [0.1, 0.15) is 70.8 Å². The topological polar surface area (TPSA) is 95.9 Å². The van der Waals surface area contributed by atoms with Gasteiger partial charge in [-0.1, -0.05) is 61.6 Å². The van der Waals surface area contributed by atoms with E-state index in [0.29, 0.717) is 38.6 Å². The number of ether oxygens (including phenoxy) is 1. The highest BCUT2D eigenvalue weighted by molar-refractivity contribution is 5.75. The first kappa shape index (κ1) is 28.8. The number of amides is 1. The highest BCUT2D eigenvalue weighted by atomic mass is 16.5. The lowest BCUT2D eigenvalue weighted by Crippen LogP contribution is -2.24. The molecule has 1 amide bonds. The summed E-state index contributed by atoms with van der Waals surface area (Å²) < 4.78 is 5.72. The maximum atomic E-state index is 12.2. The first-order valence-electron chi connectivity index (χ1n) is 13.1. The molecule has 0 saturated heterocycles. The first-order chi connectivity index (χ1) is 16.9. The molecule has 0 radical (unpaired) electrons. The predicted molar refractivity (Wildman–Crippen MR) is 139 cm³/mol. The van der Waals surface area contributed by atoms with Gasteiger partial charge >= 0.3 is 5.97 Å². The Morgan fingerprint density at radius 2 is 1.94 bits per heavy atom. The number of hydrogen-bond donors (Lipinski definition) is 3. The van der Waals surface area contributed by atoms with Crippen molar-refractivity contribution in [3.8, 4) is 0 Å². The van der Waals surface area contributed by atoms with Crippen LogP contribution in [-0.4, -0.2) is 46.9 Å². The Bertz CT molecular complexity index is 807. The van der Waals surface area contributed by atoms with E-state index in [4.69, 9.17) is 4.74 Å². The molecule has 0 aromatic heterocycles. The number of carbonyl (C=O) groups is 2. The van der Waals surface area contributed by atoms with Crippen LogP contribution in [0, 0.1) is 11.8 Å². The molecule has 1 aliphatic carbocycles. The summed E-state index contributed by atoms with van der Waals surface area (Å²) in [6.07, 6.45) is 11.8. The van der Waals surface area contributed by atoms with Gasteiger partial charge in [0, 0.05) is 31.7 Å². The number of benzene rings is 1. The lowest BCUT2D eigenvalue weighted by atomic mass is 9.89. The minimum absolute atomic E-state index is 0.0693. The van der Waals surface area contributed by atoms with E-state index in [-0.39, 0.29) is 23.7 Å². The van der Waals surface area contributed by atoms with Gasteiger partial charge in [0.25, 0.3) is 0 Å². The van der Waals surface area contributed by atoms with Gasteiger partial charge in [-0.15, -0.1) is 0 Å². The average Bonchev–Trinajstić information content (AvgIpc) is 3.13. The molecular formula is C29H43NO5. The first-order valence-corrected chi connectivity index (χ1v) is 13.1. The van der Waals surface area contributed by atoms with Crippen LogP contribution in [0.4, 0.5) is 0 Å². The lowest BCUT2D eigenvalue weighted by molar-refractivity contribution is -0.150. The Labute approximate surface area is 210 Å². The summed E-state index contributed by atoms with van der Waals surface area (Å²) >= 11 is 0. The van der Waals surface area contributed by atoms with Crippen LogP contribution in [0.3, 0.4) is 0 Å². The standard InChI is InChI=1S/C29H43NO5/c1-3-12-29(34)35-27-21-26(32)24(15-10-5-6-11-16-28(33)30-4-2)25(27)20-19-23(31)18-17-22-13-8-7-9-14-22/h5,7-10,13-14,19-20,23-27,31-32H,3-4,6,11-12,15-18,21H2,1-2H3,(H,30,33)/t23-,24+,25+,26-,27+/m0/s1. The fourth-order valence-corrected chi connectivity index (χ4v) is 4.59. The Morgan fingerprint density at radius 3 is 2.66 bits per heavy atom. The van der Waals surface area contributed by atoms with Gasteiger partial charge in [-0.2, -0.15) is 0 Å². The second-order valence-electron chi connectivity index (χ2n) is 9.35. The molecule has 6 heteroatoms. The molecule has 0 spiro atoms. The summed E-state index contributed by atoms with van der Waals surface area (Å²) in [6.45, 7) is 4.49. The van der Waals surface area contributed by atoms with Crippen LogP contribution >= 0.6 is 0 Å². The maximum Gasteiger partial charge on any atom is 0.306 e. The number of hydrogen-bond acceptors (Lipinski definition) is 5. The zero-order valence-electron chi connectivity index (χ0n) is 21.3. The Kier molecular flexibility index (Phi) is 13.4. The Hall–Kier alpha value is -2.44. The van der Waals surface area contributed by atoms with Crippen molar-refractivity contribution < 1.29 is 24.5 Å². The van der Waals surface area contributed by atoms with Crippen LogP contribution in [-0.2, 0) is 20.7 Å². The second kappa shape index (κ2) is 16.3. The summed E-state index contributed by atoms with van der Waals surface area (Å²) in [4.78, 5) is 23.7. The molecule has 0 heterocycles. The van der Waals surface area contributed by atoms with E-state index in [1.165, 1.54) is 5.56 Å². The van der Waals surface area contributed by atoms with E-state index in [9.17, 15) is 19.8 Å². The third-order valence-electron chi connectivity index (χ3n) is 6.48. The predicted octanol–water partition coefficient (Wildman–Crippen LogP) is 4.50. The molecule has 1 aliphatic rings. The van der Waals surface area contributed by atoms with E-state index in [0.717, 1.165) is 25.7 Å². The Morgan fingerprint density at radius 1 is 1.17 bits per heavy atom. The summed E-state index contributed by atoms with van der Waals surface area (Å²) in [6, 6.07) is 10.1. The summed E-state index contributed by atoms with van der Waals surface area (Å²) in [5, 5.41) is 24.1. The molecule has 1 aromatic rings. The van der Waals surface area contributed by atoms with Gasteiger partial charge in [0.05, 0.1) is 12.2 Å². The smallest absolute Gasteiger partial charge is 0.306 e. The molecule has 2 rings (SSSR count). The van der Waals surface area contributed by atoms with Crippen molar-refractivity contribution in [1.82, 2.24) is 5.32 Å². The van der Waals surface area contributed by atoms with Crippen LogP contribution in [0.5, 0.6) is 0 Å². The van der Waals surface area contributed by atoms with Gasteiger partial charge < -0.3 is 20.3 Å². The monoisotopic (exact) mass is 485 g/mol. The molecule has 35 heavy (non-hydrogen) atoms. The van der Waals surface area contributed by atoms with Gasteiger partial charge in [0.15, 0.2) is 0 Å². The number of aliphatic hydroxyl groups is 2. The number of nitrogens with one attached hydrogen (secondary N) is 1. The number of esters is 1. The molecule has 194 valence electrons. The highest BCUT2D eigenvalue weighted by Crippen LogP contribution is 2.38. The Balaban J connectivity index is 1.96. The maximum absolute atomic E-state index is 12.2. The van der Waals surface area contributed by atoms with E-state index in [1.54, 1.807) is 6.08 Å². The van der Waals surface area contributed by atoms with Crippen LogP contribution < -0.4 is 5.32 Å². The van der Waals surface area contributed by atoms with Gasteiger partial charge in [0.2, 0.25) is 5.91 Å². The van der Waals surface area contributed by atoms with E-state index in [1.807, 2.05) is 50.3 Å². The molecular weight excluding hydrogens is 442 g/mol. The quantitative estimate of drug-likeness (QED) is 0.193. The molecule has 1 saturated carbocycles. The summed E-state index contributed by atoms with van der Waals surface area (Å²) in [5.41, 5.74) is 1.18. The van der Waals surface area contributed by atoms with Crippen LogP contribution in [0.2, 0.25) is 0 Å². The van der Waals surface area contributed by atoms with E-state index < -0.39 is 18.3 Å². The number of carbonyl (C=O) groups excluding carboxylic acids is 2. The molecule has 0 aliphatic heterocycles. The van der Waals surface area contributed by atoms with Crippen molar-refractivity contribution in [2.45, 2.75) is 89.9 Å². The molecule has 3 N–H and O–H groups in total. The van der Waals surface area contributed by atoms with Crippen molar-refractivity contribution in [3.05, 3.63) is 60.2 Å². The van der Waals surface area contributed by atoms with E-state index >= 15 is 0 Å². The van der Waals surface area contributed by atoms with Crippen molar-refractivity contribution in [1.29, 1.82) is 0 Å². The van der Waals surface area contributed by atoms with Gasteiger partial charge in [-0.25, -0.2) is 0 Å². The minimum atomic E-state index is -0.606. The van der Waals surface area contributed by atoms with Crippen molar-refractivity contribution in [3.63, 3.8) is 0 Å². The normalized spacial score (nSPS) is 23.1. The SMILES string of the molecule is CCCC(=O)O[C@@H]1C[C@H](O)[C@H](CC=CCCCC(=O)NCC)[C@H]1C=C[C@@H](O)CCc1ccccc1. The highest BCUT2D eigenvalue weighted by Gasteiger charge is 2.42.